The lowest BCUT2D eigenvalue weighted by atomic mass is 10.0. The van der Waals surface area contributed by atoms with Crippen molar-refractivity contribution in [3.05, 3.63) is 35.4 Å². The summed E-state index contributed by atoms with van der Waals surface area (Å²) in [5, 5.41) is 4.93. The molecule has 0 aliphatic heterocycles. The van der Waals surface area contributed by atoms with Gasteiger partial charge in [-0.2, -0.15) is 0 Å². The van der Waals surface area contributed by atoms with Crippen LogP contribution in [0.2, 0.25) is 0 Å². The number of carbonyl (C=O) groups is 3. The lowest BCUT2D eigenvalue weighted by Gasteiger charge is -2.21. The molecule has 1 aromatic rings. The fraction of sp³-hybridized carbons (Fsp3) is 0.591. The Labute approximate surface area is 179 Å². The van der Waals surface area contributed by atoms with E-state index >= 15 is 0 Å². The highest BCUT2D eigenvalue weighted by Gasteiger charge is 2.24. The van der Waals surface area contributed by atoms with Crippen LogP contribution in [0.5, 0.6) is 0 Å². The predicted octanol–water partition coefficient (Wildman–Crippen LogP) is 1.47. The molecular formula is C22H36N4O4. The minimum atomic E-state index is -1.34. The average molecular weight is 421 g/mol. The summed E-state index contributed by atoms with van der Waals surface area (Å²) in [5.41, 5.74) is 12.2. The van der Waals surface area contributed by atoms with E-state index < -0.39 is 29.9 Å². The van der Waals surface area contributed by atoms with Crippen LogP contribution in [0.15, 0.2) is 24.3 Å². The van der Waals surface area contributed by atoms with Gasteiger partial charge in [0.15, 0.2) is 6.17 Å². The molecule has 2 atom stereocenters. The number of hydrogen-bond acceptors (Lipinski definition) is 5. The average Bonchev–Trinajstić information content (AvgIpc) is 2.70. The Kier molecular flexibility index (Phi) is 11.7. The number of hydrogen-bond donors (Lipinski definition) is 4. The van der Waals surface area contributed by atoms with Gasteiger partial charge in [0, 0.05) is 12.2 Å². The van der Waals surface area contributed by atoms with E-state index in [2.05, 4.69) is 17.6 Å². The molecule has 0 aliphatic carbocycles. The number of aryl methyl sites for hydroxylation is 1. The van der Waals surface area contributed by atoms with Crippen LogP contribution in [0.1, 0.15) is 62.4 Å². The molecule has 0 aliphatic rings. The van der Waals surface area contributed by atoms with Gasteiger partial charge in [-0.3, -0.25) is 14.4 Å². The van der Waals surface area contributed by atoms with Crippen molar-refractivity contribution in [3.8, 4) is 0 Å². The quantitative estimate of drug-likeness (QED) is 0.267. The molecule has 0 fully saturated rings. The highest BCUT2D eigenvalue weighted by Crippen LogP contribution is 2.10. The van der Waals surface area contributed by atoms with Gasteiger partial charge in [0.1, 0.15) is 6.04 Å². The molecule has 0 radical (unpaired) electrons. The first-order chi connectivity index (χ1) is 14.2. The molecule has 30 heavy (non-hydrogen) atoms. The maximum absolute atomic E-state index is 12.6. The number of ether oxygens (including phenoxy) is 1. The fourth-order valence-electron chi connectivity index (χ4n) is 2.75. The minimum Gasteiger partial charge on any atom is -0.378 e. The van der Waals surface area contributed by atoms with Crippen molar-refractivity contribution in [2.45, 2.75) is 65.1 Å². The van der Waals surface area contributed by atoms with Crippen molar-refractivity contribution in [1.82, 2.24) is 10.6 Å². The van der Waals surface area contributed by atoms with Crippen molar-refractivity contribution in [3.63, 3.8) is 0 Å². The van der Waals surface area contributed by atoms with Crippen LogP contribution in [0.3, 0.4) is 0 Å². The molecule has 8 nitrogen and oxygen atoms in total. The van der Waals surface area contributed by atoms with Gasteiger partial charge in [-0.15, -0.1) is 0 Å². The summed E-state index contributed by atoms with van der Waals surface area (Å²) >= 11 is 0. The van der Waals surface area contributed by atoms with Crippen LogP contribution in [0.25, 0.3) is 0 Å². The number of nitrogens with one attached hydrogen (secondary N) is 2. The van der Waals surface area contributed by atoms with E-state index in [0.29, 0.717) is 12.2 Å². The van der Waals surface area contributed by atoms with Crippen molar-refractivity contribution in [1.29, 1.82) is 0 Å². The van der Waals surface area contributed by atoms with Gasteiger partial charge in [0.25, 0.3) is 11.8 Å². The summed E-state index contributed by atoms with van der Waals surface area (Å²) in [6, 6.07) is 6.32. The summed E-state index contributed by atoms with van der Waals surface area (Å²) in [6.45, 7) is 6.50. The Morgan fingerprint density at radius 2 is 1.67 bits per heavy atom. The summed E-state index contributed by atoms with van der Waals surface area (Å²) in [7, 11) is 0. The van der Waals surface area contributed by atoms with Crippen LogP contribution in [0, 0.1) is 5.92 Å². The van der Waals surface area contributed by atoms with Gasteiger partial charge in [0.2, 0.25) is 5.91 Å². The summed E-state index contributed by atoms with van der Waals surface area (Å²) in [6.07, 6.45) is 4.37. The topological polar surface area (TPSA) is 137 Å². The first-order valence-electron chi connectivity index (χ1n) is 10.6. The van der Waals surface area contributed by atoms with Gasteiger partial charge in [0.05, 0.1) is 6.61 Å². The van der Waals surface area contributed by atoms with Crippen LogP contribution in [-0.4, -0.2) is 43.1 Å². The van der Waals surface area contributed by atoms with Crippen LogP contribution in [0.4, 0.5) is 0 Å². The molecule has 0 unspecified atom stereocenters. The molecule has 0 bridgehead atoms. The zero-order valence-corrected chi connectivity index (χ0v) is 18.3. The van der Waals surface area contributed by atoms with Gasteiger partial charge < -0.3 is 26.8 Å². The predicted molar refractivity (Wildman–Crippen MR) is 117 cm³/mol. The van der Waals surface area contributed by atoms with Crippen molar-refractivity contribution < 1.29 is 19.1 Å². The Bertz CT molecular complexity index is 676. The largest absolute Gasteiger partial charge is 0.378 e. The molecule has 0 aromatic heterocycles. The maximum atomic E-state index is 12.6. The van der Waals surface area contributed by atoms with E-state index in [-0.39, 0.29) is 12.5 Å². The third kappa shape index (κ3) is 9.84. The molecule has 0 saturated carbocycles. The molecule has 8 heteroatoms. The Hall–Kier alpha value is -2.45. The molecule has 1 aromatic carbocycles. The molecule has 168 valence electrons. The van der Waals surface area contributed by atoms with Crippen LogP contribution >= 0.6 is 0 Å². The van der Waals surface area contributed by atoms with Crippen molar-refractivity contribution in [2.24, 2.45) is 17.4 Å². The van der Waals surface area contributed by atoms with Gasteiger partial charge in [-0.25, -0.2) is 0 Å². The van der Waals surface area contributed by atoms with Crippen LogP contribution < -0.4 is 22.1 Å². The highest BCUT2D eigenvalue weighted by atomic mass is 16.5. The second kappa shape index (κ2) is 13.7. The van der Waals surface area contributed by atoms with E-state index in [0.717, 1.165) is 12.8 Å². The second-order valence-electron chi connectivity index (χ2n) is 7.85. The number of unbranched alkanes of at least 4 members (excludes halogenated alkanes) is 3. The van der Waals surface area contributed by atoms with E-state index in [1.807, 2.05) is 26.0 Å². The van der Waals surface area contributed by atoms with E-state index in [1.165, 1.54) is 24.8 Å². The first-order valence-corrected chi connectivity index (χ1v) is 10.6. The molecule has 3 amide bonds. The van der Waals surface area contributed by atoms with Gasteiger partial charge in [-0.05, 0) is 36.5 Å². The SMILES string of the molecule is CCCCCCc1ccc(C(=O)N[C@H](COCC(C)C)C(=O)N[C@H](N)C(N)=O)cc1. The lowest BCUT2D eigenvalue weighted by molar-refractivity contribution is -0.129. The molecule has 0 spiro atoms. The zero-order valence-electron chi connectivity index (χ0n) is 18.3. The van der Waals surface area contributed by atoms with Gasteiger partial charge >= 0.3 is 0 Å². The van der Waals surface area contributed by atoms with Crippen molar-refractivity contribution >= 4 is 17.7 Å². The van der Waals surface area contributed by atoms with Crippen molar-refractivity contribution in [2.75, 3.05) is 13.2 Å². The first kappa shape index (κ1) is 25.6. The van der Waals surface area contributed by atoms with E-state index in [9.17, 15) is 14.4 Å². The number of nitrogens with two attached hydrogens (primary N) is 2. The fourth-order valence-corrected chi connectivity index (χ4v) is 2.75. The van der Waals surface area contributed by atoms with E-state index in [1.54, 1.807) is 12.1 Å². The van der Waals surface area contributed by atoms with E-state index in [4.69, 9.17) is 16.2 Å². The second-order valence-corrected chi connectivity index (χ2v) is 7.85. The minimum absolute atomic E-state index is 0.0449. The smallest absolute Gasteiger partial charge is 0.254 e. The third-order valence-electron chi connectivity index (χ3n) is 4.50. The number of amides is 3. The number of rotatable bonds is 14. The standard InChI is InChI=1S/C22H36N4O4/c1-4-5-6-7-8-16-9-11-17(12-10-16)21(28)25-18(14-30-13-15(2)3)22(29)26-19(23)20(24)27/h9-12,15,18-19H,4-8,13-14,23H2,1-3H3,(H2,24,27)(H,25,28)(H,26,29)/t18-,19+/m1/s1. The maximum Gasteiger partial charge on any atom is 0.254 e. The summed E-state index contributed by atoms with van der Waals surface area (Å²) < 4.78 is 5.51. The summed E-state index contributed by atoms with van der Waals surface area (Å²) in [4.78, 5) is 36.2. The Morgan fingerprint density at radius 3 is 2.23 bits per heavy atom. The molecule has 0 heterocycles. The molecule has 0 saturated heterocycles. The van der Waals surface area contributed by atoms with Gasteiger partial charge in [-0.1, -0.05) is 52.2 Å². The van der Waals surface area contributed by atoms with Crippen LogP contribution in [-0.2, 0) is 20.7 Å². The lowest BCUT2D eigenvalue weighted by Crippen LogP contribution is -2.57. The summed E-state index contributed by atoms with van der Waals surface area (Å²) in [5.74, 6) is -1.65. The number of carbonyl (C=O) groups excluding carboxylic acids is 3. The Balaban J connectivity index is 2.72. The number of primary amides is 1. The Morgan fingerprint density at radius 1 is 1.00 bits per heavy atom. The number of benzene rings is 1. The normalized spacial score (nSPS) is 13.0. The zero-order chi connectivity index (χ0) is 22.5. The molecule has 6 N–H and O–H groups in total. The molecular weight excluding hydrogens is 384 g/mol. The monoisotopic (exact) mass is 420 g/mol. The molecule has 1 rings (SSSR count). The third-order valence-corrected chi connectivity index (χ3v) is 4.50. The highest BCUT2D eigenvalue weighted by molar-refractivity contribution is 5.98.